The van der Waals surface area contributed by atoms with Gasteiger partial charge < -0.3 is 10.1 Å². The van der Waals surface area contributed by atoms with Crippen LogP contribution < -0.4 is 10.6 Å². The van der Waals surface area contributed by atoms with Gasteiger partial charge in [-0.3, -0.25) is 15.1 Å². The van der Waals surface area contributed by atoms with Gasteiger partial charge in [-0.15, -0.1) is 0 Å². The number of nitrogens with one attached hydrogen (secondary N) is 2. The van der Waals surface area contributed by atoms with Gasteiger partial charge in [0.05, 0.1) is 11.1 Å². The molecule has 0 fully saturated rings. The molecule has 0 aliphatic heterocycles. The predicted molar refractivity (Wildman–Crippen MR) is 110 cm³/mol. The Balaban J connectivity index is 1.73. The number of ether oxygens (including phenoxy) is 1. The fraction of sp³-hybridized carbons (Fsp3) is 0.455. The summed E-state index contributed by atoms with van der Waals surface area (Å²) in [6.07, 6.45) is 4.37. The lowest BCUT2D eigenvalue weighted by molar-refractivity contribution is -0.123. The monoisotopic (exact) mass is 397 g/mol. The van der Waals surface area contributed by atoms with Crippen molar-refractivity contribution < 1.29 is 19.1 Å². The molecule has 1 aromatic carbocycles. The number of aryl methyl sites for hydroxylation is 1. The molecule has 7 nitrogen and oxygen atoms in total. The smallest absolute Gasteiger partial charge is 0.339 e. The van der Waals surface area contributed by atoms with Crippen LogP contribution in [-0.4, -0.2) is 36.0 Å². The van der Waals surface area contributed by atoms with Crippen LogP contribution in [0.1, 0.15) is 54.7 Å². The summed E-state index contributed by atoms with van der Waals surface area (Å²) >= 11 is 0. The van der Waals surface area contributed by atoms with Crippen LogP contribution in [0.2, 0.25) is 0 Å². The Morgan fingerprint density at radius 2 is 2.03 bits per heavy atom. The molecule has 0 saturated carbocycles. The number of para-hydroxylation sites is 1. The van der Waals surface area contributed by atoms with Crippen LogP contribution in [-0.2, 0) is 22.4 Å². The SMILES string of the molecule is CCCCNC(=O)NC(=O)COC(=O)c1c2c(nc3ccccc13)CC[C@@H](C)C2. The first-order chi connectivity index (χ1) is 14.0. The zero-order valence-electron chi connectivity index (χ0n) is 16.9. The first-order valence-electron chi connectivity index (χ1n) is 10.1. The molecule has 2 N–H and O–H groups in total. The molecule has 0 saturated heterocycles. The van der Waals surface area contributed by atoms with Gasteiger partial charge in [-0.25, -0.2) is 9.59 Å². The molecule has 2 aromatic rings. The number of urea groups is 1. The molecule has 29 heavy (non-hydrogen) atoms. The van der Waals surface area contributed by atoms with Gasteiger partial charge in [-0.05, 0) is 43.2 Å². The standard InChI is InChI=1S/C22H27N3O4/c1-3-4-11-23-22(28)25-19(26)13-29-21(27)20-15-7-5-6-8-17(15)24-18-10-9-14(2)12-16(18)20/h5-8,14H,3-4,9-13H2,1-2H3,(H2,23,25,26,28)/t14-/m1/s1. The van der Waals surface area contributed by atoms with Crippen molar-refractivity contribution in [1.82, 2.24) is 15.6 Å². The summed E-state index contributed by atoms with van der Waals surface area (Å²) in [4.78, 5) is 41.2. The molecule has 3 rings (SSSR count). The van der Waals surface area contributed by atoms with E-state index < -0.39 is 24.5 Å². The summed E-state index contributed by atoms with van der Waals surface area (Å²) in [5.74, 6) is -0.768. The van der Waals surface area contributed by atoms with E-state index >= 15 is 0 Å². The van der Waals surface area contributed by atoms with Crippen molar-refractivity contribution >= 4 is 28.8 Å². The maximum absolute atomic E-state index is 12.9. The number of esters is 1. The molecular formula is C22H27N3O4. The summed E-state index contributed by atoms with van der Waals surface area (Å²) < 4.78 is 5.27. The highest BCUT2D eigenvalue weighted by Crippen LogP contribution is 2.31. The lowest BCUT2D eigenvalue weighted by atomic mass is 9.84. The maximum atomic E-state index is 12.9. The van der Waals surface area contributed by atoms with Crippen LogP contribution in [0, 0.1) is 5.92 Å². The zero-order chi connectivity index (χ0) is 20.8. The van der Waals surface area contributed by atoms with Gasteiger partial charge in [-0.1, -0.05) is 38.5 Å². The average Bonchev–Trinajstić information content (AvgIpc) is 2.70. The quantitative estimate of drug-likeness (QED) is 0.576. The molecule has 0 spiro atoms. The summed E-state index contributed by atoms with van der Waals surface area (Å²) in [7, 11) is 0. The number of unbranched alkanes of at least 4 members (excludes halogenated alkanes) is 1. The number of carbonyl (C=O) groups is 3. The number of nitrogens with zero attached hydrogens (tertiary/aromatic N) is 1. The van der Waals surface area contributed by atoms with Crippen LogP contribution in [0.15, 0.2) is 24.3 Å². The Kier molecular flexibility index (Phi) is 6.80. The fourth-order valence-electron chi connectivity index (χ4n) is 3.58. The molecule has 3 amide bonds. The normalized spacial score (nSPS) is 15.4. The second kappa shape index (κ2) is 9.49. The Morgan fingerprint density at radius 1 is 1.24 bits per heavy atom. The fourth-order valence-corrected chi connectivity index (χ4v) is 3.58. The minimum Gasteiger partial charge on any atom is -0.452 e. The summed E-state index contributed by atoms with van der Waals surface area (Å²) in [5, 5.41) is 5.48. The van der Waals surface area contributed by atoms with Crippen LogP contribution in [0.25, 0.3) is 10.9 Å². The number of aromatic nitrogens is 1. The Labute approximate surface area is 170 Å². The van der Waals surface area contributed by atoms with Gasteiger partial charge in [0.2, 0.25) is 0 Å². The van der Waals surface area contributed by atoms with Crippen molar-refractivity contribution in [3.8, 4) is 0 Å². The number of rotatable bonds is 6. The number of hydrogen-bond donors (Lipinski definition) is 2. The third-order valence-corrected chi connectivity index (χ3v) is 5.11. The lowest BCUT2D eigenvalue weighted by Crippen LogP contribution is -2.41. The summed E-state index contributed by atoms with van der Waals surface area (Å²) in [6.45, 7) is 4.13. The third kappa shape index (κ3) is 5.10. The van der Waals surface area contributed by atoms with Crippen LogP contribution in [0.3, 0.4) is 0 Å². The van der Waals surface area contributed by atoms with E-state index in [0.29, 0.717) is 18.0 Å². The molecule has 1 heterocycles. The van der Waals surface area contributed by atoms with Gasteiger partial charge in [0.1, 0.15) is 0 Å². The number of carbonyl (C=O) groups excluding carboxylic acids is 3. The second-order valence-corrected chi connectivity index (χ2v) is 7.51. The third-order valence-electron chi connectivity index (χ3n) is 5.11. The lowest BCUT2D eigenvalue weighted by Gasteiger charge is -2.24. The van der Waals surface area contributed by atoms with Crippen molar-refractivity contribution in [2.45, 2.75) is 46.0 Å². The second-order valence-electron chi connectivity index (χ2n) is 7.51. The molecule has 154 valence electrons. The molecule has 0 bridgehead atoms. The number of amides is 3. The first kappa shape index (κ1) is 20.8. The molecule has 1 aromatic heterocycles. The number of pyridine rings is 1. The molecule has 0 unspecified atom stereocenters. The Morgan fingerprint density at radius 3 is 2.83 bits per heavy atom. The topological polar surface area (TPSA) is 97.4 Å². The number of hydrogen-bond acceptors (Lipinski definition) is 5. The maximum Gasteiger partial charge on any atom is 0.339 e. The van der Waals surface area contributed by atoms with Crippen LogP contribution in [0.5, 0.6) is 0 Å². The summed E-state index contributed by atoms with van der Waals surface area (Å²) in [6, 6.07) is 6.87. The first-order valence-corrected chi connectivity index (χ1v) is 10.1. The zero-order valence-corrected chi connectivity index (χ0v) is 16.9. The number of benzene rings is 1. The molecular weight excluding hydrogens is 370 g/mol. The van der Waals surface area contributed by atoms with E-state index in [0.717, 1.165) is 54.3 Å². The molecule has 1 aliphatic carbocycles. The van der Waals surface area contributed by atoms with Crippen LogP contribution >= 0.6 is 0 Å². The van der Waals surface area contributed by atoms with Gasteiger partial charge in [0.15, 0.2) is 6.61 Å². The molecule has 1 atom stereocenters. The van der Waals surface area contributed by atoms with E-state index in [9.17, 15) is 14.4 Å². The minimum atomic E-state index is -0.659. The number of imide groups is 1. The van der Waals surface area contributed by atoms with E-state index in [2.05, 4.69) is 17.6 Å². The van der Waals surface area contributed by atoms with Crippen LogP contribution in [0.4, 0.5) is 4.79 Å². The highest BCUT2D eigenvalue weighted by molar-refractivity contribution is 6.06. The van der Waals surface area contributed by atoms with Crippen molar-refractivity contribution in [3.05, 3.63) is 41.1 Å². The van der Waals surface area contributed by atoms with Crippen molar-refractivity contribution in [1.29, 1.82) is 0 Å². The Bertz CT molecular complexity index is 926. The predicted octanol–water partition coefficient (Wildman–Crippen LogP) is 3.14. The van der Waals surface area contributed by atoms with E-state index in [1.165, 1.54) is 0 Å². The van der Waals surface area contributed by atoms with Crippen molar-refractivity contribution in [3.63, 3.8) is 0 Å². The molecule has 1 aliphatic rings. The molecule has 0 radical (unpaired) electrons. The van der Waals surface area contributed by atoms with Gasteiger partial charge in [-0.2, -0.15) is 0 Å². The highest BCUT2D eigenvalue weighted by Gasteiger charge is 2.26. The van der Waals surface area contributed by atoms with Crippen molar-refractivity contribution in [2.24, 2.45) is 5.92 Å². The number of fused-ring (bicyclic) bond motifs is 2. The minimum absolute atomic E-state index is 0.451. The van der Waals surface area contributed by atoms with Crippen molar-refractivity contribution in [2.75, 3.05) is 13.2 Å². The summed E-state index contributed by atoms with van der Waals surface area (Å²) in [5.41, 5.74) is 3.06. The Hall–Kier alpha value is -2.96. The van der Waals surface area contributed by atoms with Gasteiger partial charge in [0.25, 0.3) is 5.91 Å². The molecule has 7 heteroatoms. The van der Waals surface area contributed by atoms with Gasteiger partial charge >= 0.3 is 12.0 Å². The van der Waals surface area contributed by atoms with E-state index in [1.54, 1.807) is 0 Å². The largest absolute Gasteiger partial charge is 0.452 e. The van der Waals surface area contributed by atoms with E-state index in [4.69, 9.17) is 9.72 Å². The van der Waals surface area contributed by atoms with Gasteiger partial charge in [0, 0.05) is 17.6 Å². The average molecular weight is 397 g/mol. The van der Waals surface area contributed by atoms with E-state index in [-0.39, 0.29) is 0 Å². The van der Waals surface area contributed by atoms with E-state index in [1.807, 2.05) is 31.2 Å². The highest BCUT2D eigenvalue weighted by atomic mass is 16.5.